The molecule has 3 aromatic rings. The fourth-order valence-corrected chi connectivity index (χ4v) is 7.97. The van der Waals surface area contributed by atoms with Crippen molar-refractivity contribution in [1.29, 1.82) is 0 Å². The van der Waals surface area contributed by atoms with Crippen molar-refractivity contribution in [3.63, 3.8) is 0 Å². The molecule has 0 aromatic heterocycles. The van der Waals surface area contributed by atoms with E-state index in [-0.39, 0.29) is 10.9 Å². The molecule has 0 amide bonds. The van der Waals surface area contributed by atoms with E-state index in [0.717, 1.165) is 17.2 Å². The zero-order chi connectivity index (χ0) is 25.1. The van der Waals surface area contributed by atoms with Crippen LogP contribution < -0.4 is 13.3 Å². The van der Waals surface area contributed by atoms with Crippen LogP contribution in [0.5, 0.6) is 17.2 Å². The summed E-state index contributed by atoms with van der Waals surface area (Å²) in [5, 5.41) is 0. The zero-order valence-electron chi connectivity index (χ0n) is 22.1. The molecule has 0 N–H and O–H groups in total. The van der Waals surface area contributed by atoms with Crippen LogP contribution in [0.1, 0.15) is 0 Å². The molecule has 0 radical (unpaired) electrons. The van der Waals surface area contributed by atoms with Crippen LogP contribution in [0, 0.1) is 0 Å². The summed E-state index contributed by atoms with van der Waals surface area (Å²) < 4.78 is 18.6. The van der Waals surface area contributed by atoms with Gasteiger partial charge in [0, 0.05) is 0 Å². The van der Waals surface area contributed by atoms with E-state index >= 15 is 0 Å². The summed E-state index contributed by atoms with van der Waals surface area (Å²) in [4.78, 5) is 3.79. The molecule has 0 bridgehead atoms. The summed E-state index contributed by atoms with van der Waals surface area (Å²) in [5.41, 5.74) is 0. The van der Waals surface area contributed by atoms with E-state index in [4.69, 9.17) is 13.3 Å². The van der Waals surface area contributed by atoms with Crippen molar-refractivity contribution in [1.82, 2.24) is 0 Å². The predicted octanol–water partition coefficient (Wildman–Crippen LogP) is 8.42. The summed E-state index contributed by atoms with van der Waals surface area (Å²) >= 11 is 0. The van der Waals surface area contributed by atoms with E-state index in [1.807, 2.05) is 0 Å². The fraction of sp³-hybridized carbons (Fsp3) is 0.333. The van der Waals surface area contributed by atoms with Gasteiger partial charge in [0.15, 0.2) is 14.7 Å². The predicted molar refractivity (Wildman–Crippen MR) is 153 cm³/mol. The van der Waals surface area contributed by atoms with E-state index in [2.05, 4.69) is 132 Å². The Morgan fingerprint density at radius 1 is 0.382 bits per heavy atom. The molecular formula is C27H39O3SSi3+. The Morgan fingerprint density at radius 2 is 0.588 bits per heavy atom. The van der Waals surface area contributed by atoms with Gasteiger partial charge in [-0.25, -0.2) is 0 Å². The second kappa shape index (κ2) is 10.4. The summed E-state index contributed by atoms with van der Waals surface area (Å²) in [6, 6.07) is 25.9. The first-order valence-electron chi connectivity index (χ1n) is 11.8. The van der Waals surface area contributed by atoms with Crippen LogP contribution >= 0.6 is 0 Å². The Kier molecular flexibility index (Phi) is 8.12. The van der Waals surface area contributed by atoms with Crippen molar-refractivity contribution >= 4 is 35.8 Å². The molecule has 0 aliphatic heterocycles. The molecule has 0 saturated heterocycles. The van der Waals surface area contributed by atoms with Gasteiger partial charge >= 0.3 is 0 Å². The van der Waals surface area contributed by atoms with E-state index in [9.17, 15) is 0 Å². The van der Waals surface area contributed by atoms with Crippen molar-refractivity contribution in [2.45, 2.75) is 73.6 Å². The second-order valence-corrected chi connectivity index (χ2v) is 26.7. The zero-order valence-corrected chi connectivity index (χ0v) is 25.9. The van der Waals surface area contributed by atoms with Gasteiger partial charge in [0.2, 0.25) is 25.0 Å². The fourth-order valence-electron chi connectivity index (χ4n) is 3.40. The molecule has 34 heavy (non-hydrogen) atoms. The van der Waals surface area contributed by atoms with Crippen molar-refractivity contribution in [3.05, 3.63) is 72.8 Å². The highest BCUT2D eigenvalue weighted by atomic mass is 32.2. The van der Waals surface area contributed by atoms with Crippen LogP contribution in [0.4, 0.5) is 0 Å². The molecule has 0 atom stereocenters. The summed E-state index contributed by atoms with van der Waals surface area (Å²) in [6.45, 7) is 19.9. The Bertz CT molecular complexity index is 922. The molecule has 182 valence electrons. The highest BCUT2D eigenvalue weighted by Crippen LogP contribution is 2.34. The normalized spacial score (nSPS) is 12.5. The largest absolute Gasteiger partial charge is 0.544 e. The molecule has 0 aliphatic rings. The Labute approximate surface area is 212 Å². The molecular weight excluding hydrogens is 489 g/mol. The van der Waals surface area contributed by atoms with E-state index in [1.54, 1.807) is 0 Å². The molecule has 0 fully saturated rings. The number of benzene rings is 3. The van der Waals surface area contributed by atoms with Gasteiger partial charge in [-0.1, -0.05) is 0 Å². The van der Waals surface area contributed by atoms with Crippen molar-refractivity contribution in [2.24, 2.45) is 0 Å². The standard InChI is InChI=1S/C27H39O3SSi3/c1-32(2,3)28-22-10-16-25(17-11-22)31(26-18-12-23(13-19-26)29-33(4,5)6)27-20-14-24(15-21-27)30-34(7,8)9/h10-21H,1-9H3/q+1. The third-order valence-electron chi connectivity index (χ3n) is 4.45. The minimum atomic E-state index is -1.64. The molecule has 0 aliphatic carbocycles. The maximum Gasteiger partial charge on any atom is 0.242 e. The van der Waals surface area contributed by atoms with E-state index in [1.165, 1.54) is 14.7 Å². The lowest BCUT2D eigenvalue weighted by Crippen LogP contribution is -2.29. The molecule has 3 nitrogen and oxygen atoms in total. The summed E-state index contributed by atoms with van der Waals surface area (Å²) in [6.07, 6.45) is 0. The van der Waals surface area contributed by atoms with Gasteiger partial charge < -0.3 is 13.3 Å². The van der Waals surface area contributed by atoms with Gasteiger partial charge in [0.25, 0.3) is 0 Å². The van der Waals surface area contributed by atoms with Gasteiger partial charge in [-0.2, -0.15) is 0 Å². The number of hydrogen-bond donors (Lipinski definition) is 0. The molecule has 3 aromatic carbocycles. The third kappa shape index (κ3) is 8.37. The highest BCUT2D eigenvalue weighted by molar-refractivity contribution is 7.97. The summed E-state index contributed by atoms with van der Waals surface area (Å²) in [5.74, 6) is 2.85. The minimum absolute atomic E-state index is 0.242. The number of hydrogen-bond acceptors (Lipinski definition) is 3. The van der Waals surface area contributed by atoms with Crippen LogP contribution in [0.15, 0.2) is 87.5 Å². The lowest BCUT2D eigenvalue weighted by molar-refractivity contribution is 0.556. The minimum Gasteiger partial charge on any atom is -0.544 e. The van der Waals surface area contributed by atoms with Gasteiger partial charge in [0.1, 0.15) is 17.2 Å². The Hall–Kier alpha value is -1.94. The smallest absolute Gasteiger partial charge is 0.242 e. The van der Waals surface area contributed by atoms with Crippen molar-refractivity contribution in [3.8, 4) is 17.2 Å². The quantitative estimate of drug-likeness (QED) is 0.206. The first-order valence-corrected chi connectivity index (χ1v) is 23.3. The van der Waals surface area contributed by atoms with Gasteiger partial charge in [-0.05, 0) is 132 Å². The molecule has 0 saturated carbocycles. The first-order chi connectivity index (χ1) is 15.7. The average molecular weight is 528 g/mol. The van der Waals surface area contributed by atoms with Crippen LogP contribution in [0.2, 0.25) is 58.9 Å². The highest BCUT2D eigenvalue weighted by Gasteiger charge is 2.30. The molecule has 0 heterocycles. The van der Waals surface area contributed by atoms with Crippen LogP contribution in [-0.2, 0) is 10.9 Å². The summed E-state index contributed by atoms with van der Waals surface area (Å²) in [7, 11) is -5.17. The lowest BCUT2D eigenvalue weighted by Gasteiger charge is -2.20. The van der Waals surface area contributed by atoms with Crippen molar-refractivity contribution < 1.29 is 13.3 Å². The monoisotopic (exact) mass is 527 g/mol. The molecule has 0 unspecified atom stereocenters. The van der Waals surface area contributed by atoms with E-state index < -0.39 is 25.0 Å². The Morgan fingerprint density at radius 3 is 0.765 bits per heavy atom. The maximum atomic E-state index is 6.19. The molecule has 3 rings (SSSR count). The second-order valence-electron chi connectivity index (χ2n) is 11.4. The maximum absolute atomic E-state index is 6.19. The van der Waals surface area contributed by atoms with Gasteiger partial charge in [0.05, 0.1) is 10.9 Å². The average Bonchev–Trinajstić information content (AvgIpc) is 2.69. The van der Waals surface area contributed by atoms with Crippen molar-refractivity contribution in [2.75, 3.05) is 0 Å². The van der Waals surface area contributed by atoms with E-state index in [0.29, 0.717) is 0 Å². The third-order valence-corrected chi connectivity index (χ3v) is 9.23. The lowest BCUT2D eigenvalue weighted by atomic mass is 10.3. The SMILES string of the molecule is C[Si](C)(C)Oc1ccc([S+](c2ccc(O[Si](C)(C)C)cc2)c2ccc(O[Si](C)(C)C)cc2)cc1. The van der Waals surface area contributed by atoms with Gasteiger partial charge in [-0.3, -0.25) is 0 Å². The molecule has 0 spiro atoms. The van der Waals surface area contributed by atoms with Crippen LogP contribution in [0.25, 0.3) is 0 Å². The van der Waals surface area contributed by atoms with Gasteiger partial charge in [-0.15, -0.1) is 0 Å². The molecule has 7 heteroatoms. The topological polar surface area (TPSA) is 27.7 Å². The van der Waals surface area contributed by atoms with Crippen LogP contribution in [0.3, 0.4) is 0 Å². The Balaban J connectivity index is 1.97. The number of rotatable bonds is 9. The van der Waals surface area contributed by atoms with Crippen LogP contribution in [-0.4, -0.2) is 25.0 Å². The first kappa shape index (κ1) is 26.7.